The van der Waals surface area contributed by atoms with E-state index in [0.29, 0.717) is 22.9 Å². The van der Waals surface area contributed by atoms with Gasteiger partial charge >= 0.3 is 6.18 Å². The zero-order valence-electron chi connectivity index (χ0n) is 23.0. The molecule has 0 aromatic heterocycles. The zero-order valence-corrected chi connectivity index (χ0v) is 24.6. The summed E-state index contributed by atoms with van der Waals surface area (Å²) in [6.07, 6.45) is -4.26. The van der Waals surface area contributed by atoms with Gasteiger partial charge in [-0.2, -0.15) is 13.2 Å². The molecular formula is C29H30ClF4N3O4S. The highest BCUT2D eigenvalue weighted by atomic mass is 35.5. The number of carbonyl (C=O) groups excluding carboxylic acids is 2. The van der Waals surface area contributed by atoms with Gasteiger partial charge in [0.1, 0.15) is 18.4 Å². The summed E-state index contributed by atoms with van der Waals surface area (Å²) in [5.41, 5.74) is -1.73. The SMILES string of the molecule is CC[C@H](C)NC(=O)[C@@H](C)N(Cc1ccccc1F)C(=O)CN(c1cc(C(F)(F)F)ccc1Cl)S(=O)(=O)c1ccccc1. The molecule has 0 aliphatic carbocycles. The highest BCUT2D eigenvalue weighted by Gasteiger charge is 2.36. The van der Waals surface area contributed by atoms with Gasteiger partial charge in [-0.3, -0.25) is 13.9 Å². The summed E-state index contributed by atoms with van der Waals surface area (Å²) in [4.78, 5) is 27.6. The standard InChI is InChI=1S/C29H30ClF4N3O4S/c1-4-19(2)35-28(39)20(3)36(17-21-10-8-9-13-25(21)31)27(38)18-37(42(40,41)23-11-6-5-7-12-23)26-16-22(29(32,33)34)14-15-24(26)30/h5-16,19-20H,4,17-18H2,1-3H3,(H,35,39)/t19-,20+/m0/s1. The van der Waals surface area contributed by atoms with Crippen LogP contribution in [0.1, 0.15) is 38.3 Å². The molecule has 0 aliphatic rings. The van der Waals surface area contributed by atoms with Crippen LogP contribution in [0.4, 0.5) is 23.2 Å². The van der Waals surface area contributed by atoms with Crippen LogP contribution in [0.2, 0.25) is 5.02 Å². The topological polar surface area (TPSA) is 86.8 Å². The largest absolute Gasteiger partial charge is 0.416 e. The summed E-state index contributed by atoms with van der Waals surface area (Å²) in [5.74, 6) is -2.22. The van der Waals surface area contributed by atoms with Crippen molar-refractivity contribution in [1.29, 1.82) is 0 Å². The molecular weight excluding hydrogens is 598 g/mol. The van der Waals surface area contributed by atoms with E-state index in [-0.39, 0.29) is 21.5 Å². The van der Waals surface area contributed by atoms with Gasteiger partial charge in [-0.1, -0.05) is 54.9 Å². The van der Waals surface area contributed by atoms with Crippen LogP contribution in [-0.2, 0) is 32.3 Å². The van der Waals surface area contributed by atoms with Crippen molar-refractivity contribution in [3.8, 4) is 0 Å². The van der Waals surface area contributed by atoms with E-state index in [1.165, 1.54) is 49.4 Å². The maximum absolute atomic E-state index is 14.6. The predicted molar refractivity (Wildman–Crippen MR) is 152 cm³/mol. The smallest absolute Gasteiger partial charge is 0.352 e. The zero-order chi connectivity index (χ0) is 31.2. The van der Waals surface area contributed by atoms with Crippen LogP contribution < -0.4 is 9.62 Å². The number of nitrogens with zero attached hydrogens (tertiary/aromatic N) is 2. The van der Waals surface area contributed by atoms with Gasteiger partial charge in [0.15, 0.2) is 0 Å². The average Bonchev–Trinajstić information content (AvgIpc) is 2.95. The first-order valence-electron chi connectivity index (χ1n) is 12.9. The van der Waals surface area contributed by atoms with Crippen molar-refractivity contribution >= 4 is 39.1 Å². The van der Waals surface area contributed by atoms with Crippen LogP contribution in [0.25, 0.3) is 0 Å². The molecule has 0 saturated carbocycles. The van der Waals surface area contributed by atoms with E-state index in [0.717, 1.165) is 17.0 Å². The second-order valence-corrected chi connectivity index (χ2v) is 11.9. The van der Waals surface area contributed by atoms with Crippen molar-refractivity contribution in [3.63, 3.8) is 0 Å². The maximum atomic E-state index is 14.6. The third-order valence-corrected chi connectivity index (χ3v) is 8.71. The molecule has 3 rings (SSSR count). The number of hydrogen-bond donors (Lipinski definition) is 1. The van der Waals surface area contributed by atoms with E-state index in [1.807, 2.05) is 6.92 Å². The molecule has 7 nitrogen and oxygen atoms in total. The summed E-state index contributed by atoms with van der Waals surface area (Å²) in [6, 6.07) is 13.0. The van der Waals surface area contributed by atoms with Crippen LogP contribution >= 0.6 is 11.6 Å². The van der Waals surface area contributed by atoms with Crippen LogP contribution in [0.5, 0.6) is 0 Å². The Morgan fingerprint density at radius 2 is 1.60 bits per heavy atom. The molecule has 0 bridgehead atoms. The number of alkyl halides is 3. The van der Waals surface area contributed by atoms with Crippen LogP contribution in [-0.4, -0.2) is 43.8 Å². The monoisotopic (exact) mass is 627 g/mol. The molecule has 226 valence electrons. The number of sulfonamides is 1. The first-order chi connectivity index (χ1) is 19.7. The summed E-state index contributed by atoms with van der Waals surface area (Å²) in [7, 11) is -4.66. The van der Waals surface area contributed by atoms with Crippen LogP contribution in [0.15, 0.2) is 77.7 Å². The fraction of sp³-hybridized carbons (Fsp3) is 0.310. The Hall–Kier alpha value is -3.64. The number of halogens is 5. The van der Waals surface area contributed by atoms with Crippen molar-refractivity contribution in [2.75, 3.05) is 10.8 Å². The Morgan fingerprint density at radius 1 is 0.976 bits per heavy atom. The van der Waals surface area contributed by atoms with Gasteiger partial charge in [-0.05, 0) is 56.7 Å². The Kier molecular flexibility index (Phi) is 10.6. The number of hydrogen-bond acceptors (Lipinski definition) is 4. The number of benzene rings is 3. The Bertz CT molecular complexity index is 1520. The molecule has 0 aliphatic heterocycles. The van der Waals surface area contributed by atoms with E-state index in [4.69, 9.17) is 11.6 Å². The Balaban J connectivity index is 2.13. The molecule has 3 aromatic rings. The normalized spacial score (nSPS) is 13.2. The van der Waals surface area contributed by atoms with Crippen molar-refractivity contribution in [3.05, 3.63) is 94.8 Å². The second kappa shape index (κ2) is 13.6. The number of nitrogens with one attached hydrogen (secondary N) is 1. The lowest BCUT2D eigenvalue weighted by molar-refractivity contribution is -0.139. The maximum Gasteiger partial charge on any atom is 0.416 e. The fourth-order valence-electron chi connectivity index (χ4n) is 3.97. The highest BCUT2D eigenvalue weighted by Crippen LogP contribution is 2.37. The van der Waals surface area contributed by atoms with E-state index >= 15 is 0 Å². The fourth-order valence-corrected chi connectivity index (χ4v) is 5.69. The first kappa shape index (κ1) is 32.9. The van der Waals surface area contributed by atoms with Gasteiger partial charge in [0.25, 0.3) is 10.0 Å². The Morgan fingerprint density at radius 3 is 2.19 bits per heavy atom. The molecule has 2 atom stereocenters. The minimum absolute atomic E-state index is 0.0450. The van der Waals surface area contributed by atoms with Gasteiger partial charge < -0.3 is 10.2 Å². The third kappa shape index (κ3) is 7.80. The first-order valence-corrected chi connectivity index (χ1v) is 14.8. The van der Waals surface area contributed by atoms with Crippen molar-refractivity contribution in [2.45, 2.75) is 56.9 Å². The summed E-state index contributed by atoms with van der Waals surface area (Å²) >= 11 is 6.22. The second-order valence-electron chi connectivity index (χ2n) is 9.60. The Labute approximate surface area is 247 Å². The molecule has 2 amide bonds. The highest BCUT2D eigenvalue weighted by molar-refractivity contribution is 7.92. The molecule has 0 heterocycles. The summed E-state index contributed by atoms with van der Waals surface area (Å²) < 4.78 is 83.5. The van der Waals surface area contributed by atoms with Gasteiger partial charge in [-0.15, -0.1) is 0 Å². The van der Waals surface area contributed by atoms with Crippen LogP contribution in [0, 0.1) is 5.82 Å². The lowest BCUT2D eigenvalue weighted by Gasteiger charge is -2.33. The lowest BCUT2D eigenvalue weighted by atomic mass is 10.1. The van der Waals surface area contributed by atoms with E-state index in [2.05, 4.69) is 5.32 Å². The molecule has 0 spiro atoms. The number of rotatable bonds is 11. The average molecular weight is 628 g/mol. The van der Waals surface area contributed by atoms with Gasteiger partial charge in [-0.25, -0.2) is 12.8 Å². The molecule has 0 fully saturated rings. The minimum Gasteiger partial charge on any atom is -0.352 e. The number of carbonyl (C=O) groups is 2. The number of anilines is 1. The number of amides is 2. The minimum atomic E-state index is -4.84. The molecule has 0 unspecified atom stereocenters. The van der Waals surface area contributed by atoms with Crippen LogP contribution in [0.3, 0.4) is 0 Å². The molecule has 13 heteroatoms. The molecule has 0 saturated heterocycles. The predicted octanol–water partition coefficient (Wildman–Crippen LogP) is 6.03. The van der Waals surface area contributed by atoms with Crippen molar-refractivity contribution in [2.24, 2.45) is 0 Å². The van der Waals surface area contributed by atoms with Gasteiger partial charge in [0, 0.05) is 18.2 Å². The van der Waals surface area contributed by atoms with E-state index in [1.54, 1.807) is 13.0 Å². The quantitative estimate of drug-likeness (QED) is 0.263. The molecule has 0 radical (unpaired) electrons. The molecule has 1 N–H and O–H groups in total. The lowest BCUT2D eigenvalue weighted by Crippen LogP contribution is -2.52. The van der Waals surface area contributed by atoms with Gasteiger partial charge in [0.2, 0.25) is 11.8 Å². The van der Waals surface area contributed by atoms with Crippen molar-refractivity contribution < 1.29 is 35.6 Å². The van der Waals surface area contributed by atoms with E-state index < -0.39 is 64.2 Å². The van der Waals surface area contributed by atoms with Crippen molar-refractivity contribution in [1.82, 2.24) is 10.2 Å². The van der Waals surface area contributed by atoms with Gasteiger partial charge in [0.05, 0.1) is 21.2 Å². The summed E-state index contributed by atoms with van der Waals surface area (Å²) in [5, 5.41) is 2.37. The molecule has 3 aromatic carbocycles. The summed E-state index contributed by atoms with van der Waals surface area (Å²) in [6.45, 7) is 3.52. The molecule has 42 heavy (non-hydrogen) atoms. The third-order valence-electron chi connectivity index (χ3n) is 6.62. The van der Waals surface area contributed by atoms with E-state index in [9.17, 15) is 35.6 Å².